The molecule has 21 heavy (non-hydrogen) atoms. The first-order valence-corrected chi connectivity index (χ1v) is 8.96. The molecule has 116 valence electrons. The van der Waals surface area contributed by atoms with Crippen LogP contribution in [0.4, 0.5) is 0 Å². The molecule has 7 heteroatoms. The minimum Gasteiger partial charge on any atom is -0.336 e. The molecule has 0 aromatic heterocycles. The summed E-state index contributed by atoms with van der Waals surface area (Å²) < 4.78 is 25.4. The van der Waals surface area contributed by atoms with E-state index in [0.717, 1.165) is 0 Å². The van der Waals surface area contributed by atoms with Crippen molar-refractivity contribution in [2.45, 2.75) is 13.3 Å². The first kappa shape index (κ1) is 16.3. The van der Waals surface area contributed by atoms with Crippen LogP contribution < -0.4 is 0 Å². The quantitative estimate of drug-likeness (QED) is 0.846. The second-order valence-corrected chi connectivity index (χ2v) is 7.48. The van der Waals surface area contributed by atoms with E-state index in [0.29, 0.717) is 43.2 Å². The fourth-order valence-electron chi connectivity index (χ4n) is 2.36. The van der Waals surface area contributed by atoms with Crippen LogP contribution in [0.5, 0.6) is 0 Å². The van der Waals surface area contributed by atoms with E-state index in [1.165, 1.54) is 4.31 Å². The molecule has 1 heterocycles. The molecule has 0 bridgehead atoms. The number of halogens is 1. The molecule has 0 unspecified atom stereocenters. The van der Waals surface area contributed by atoms with Crippen molar-refractivity contribution in [2.24, 2.45) is 0 Å². The Labute approximate surface area is 130 Å². The zero-order chi connectivity index (χ0) is 15.5. The Balaban J connectivity index is 2.02. The van der Waals surface area contributed by atoms with Gasteiger partial charge in [-0.3, -0.25) is 4.79 Å². The first-order valence-electron chi connectivity index (χ1n) is 6.97. The average molecular weight is 331 g/mol. The van der Waals surface area contributed by atoms with E-state index in [1.807, 2.05) is 6.92 Å². The van der Waals surface area contributed by atoms with Gasteiger partial charge in [0.05, 0.1) is 16.3 Å². The van der Waals surface area contributed by atoms with E-state index in [4.69, 9.17) is 11.6 Å². The predicted octanol–water partition coefficient (Wildman–Crippen LogP) is 1.84. The topological polar surface area (TPSA) is 57.7 Å². The van der Waals surface area contributed by atoms with E-state index < -0.39 is 10.0 Å². The molecular weight excluding hydrogens is 312 g/mol. The predicted molar refractivity (Wildman–Crippen MR) is 83.0 cm³/mol. The van der Waals surface area contributed by atoms with Gasteiger partial charge in [0.25, 0.3) is 5.91 Å². The lowest BCUT2D eigenvalue weighted by Gasteiger charge is -2.34. The van der Waals surface area contributed by atoms with Crippen LogP contribution in [0.15, 0.2) is 24.3 Å². The standard InChI is InChI=1S/C14H19ClN2O3S/c1-2-11-21(19,20)17-9-7-16(8-10-17)14(18)12-5-3-4-6-13(12)15/h3-6H,2,7-11H2,1H3. The summed E-state index contributed by atoms with van der Waals surface area (Å²) in [5.41, 5.74) is 0.462. The lowest BCUT2D eigenvalue weighted by molar-refractivity contribution is 0.0698. The minimum atomic E-state index is -3.19. The van der Waals surface area contributed by atoms with Crippen molar-refractivity contribution in [2.75, 3.05) is 31.9 Å². The summed E-state index contributed by atoms with van der Waals surface area (Å²) in [4.78, 5) is 14.0. The molecular formula is C14H19ClN2O3S. The summed E-state index contributed by atoms with van der Waals surface area (Å²) in [5.74, 6) is 0.0130. The number of hydrogen-bond acceptors (Lipinski definition) is 3. The average Bonchev–Trinajstić information content (AvgIpc) is 2.47. The molecule has 1 aromatic rings. The maximum absolute atomic E-state index is 12.4. The number of rotatable bonds is 4. The molecule has 5 nitrogen and oxygen atoms in total. The molecule has 0 saturated carbocycles. The summed E-state index contributed by atoms with van der Waals surface area (Å²) in [6.07, 6.45) is 0.598. The van der Waals surface area contributed by atoms with E-state index in [1.54, 1.807) is 29.2 Å². The van der Waals surface area contributed by atoms with Crippen LogP contribution in [0, 0.1) is 0 Å². The Hall–Kier alpha value is -1.11. The third-order valence-electron chi connectivity index (χ3n) is 3.49. The summed E-state index contributed by atoms with van der Waals surface area (Å²) >= 11 is 6.03. The zero-order valence-corrected chi connectivity index (χ0v) is 13.5. The van der Waals surface area contributed by atoms with Crippen LogP contribution >= 0.6 is 11.6 Å². The van der Waals surface area contributed by atoms with Gasteiger partial charge in [0, 0.05) is 26.2 Å². The molecule has 1 aromatic carbocycles. The van der Waals surface area contributed by atoms with Gasteiger partial charge in [-0.15, -0.1) is 0 Å². The van der Waals surface area contributed by atoms with E-state index >= 15 is 0 Å². The van der Waals surface area contributed by atoms with Gasteiger partial charge in [-0.25, -0.2) is 8.42 Å². The van der Waals surface area contributed by atoms with E-state index in [-0.39, 0.29) is 11.7 Å². The zero-order valence-electron chi connectivity index (χ0n) is 12.0. The molecule has 1 saturated heterocycles. The van der Waals surface area contributed by atoms with Crippen LogP contribution in [0.3, 0.4) is 0 Å². The molecule has 2 rings (SSSR count). The molecule has 1 amide bonds. The van der Waals surface area contributed by atoms with E-state index in [2.05, 4.69) is 0 Å². The summed E-state index contributed by atoms with van der Waals surface area (Å²) in [5, 5.41) is 0.420. The van der Waals surface area contributed by atoms with Gasteiger partial charge in [-0.1, -0.05) is 30.7 Å². The van der Waals surface area contributed by atoms with Gasteiger partial charge in [-0.05, 0) is 18.6 Å². The van der Waals surface area contributed by atoms with Crippen LogP contribution in [-0.2, 0) is 10.0 Å². The number of amides is 1. The molecule has 0 spiro atoms. The van der Waals surface area contributed by atoms with Gasteiger partial charge < -0.3 is 4.90 Å². The Morgan fingerprint density at radius 3 is 2.38 bits per heavy atom. The number of sulfonamides is 1. The fourth-order valence-corrected chi connectivity index (χ4v) is 4.07. The number of piperazine rings is 1. The second kappa shape index (κ2) is 6.77. The lowest BCUT2D eigenvalue weighted by atomic mass is 10.2. The van der Waals surface area contributed by atoms with Gasteiger partial charge in [-0.2, -0.15) is 4.31 Å². The highest BCUT2D eigenvalue weighted by molar-refractivity contribution is 7.89. The van der Waals surface area contributed by atoms with Gasteiger partial charge >= 0.3 is 0 Å². The van der Waals surface area contributed by atoms with Crippen molar-refractivity contribution >= 4 is 27.5 Å². The van der Waals surface area contributed by atoms with Crippen LogP contribution in [-0.4, -0.2) is 55.5 Å². The van der Waals surface area contributed by atoms with E-state index in [9.17, 15) is 13.2 Å². The molecule has 1 fully saturated rings. The Kier molecular flexibility index (Phi) is 5.24. The van der Waals surface area contributed by atoms with Crippen LogP contribution in [0.1, 0.15) is 23.7 Å². The number of hydrogen-bond donors (Lipinski definition) is 0. The van der Waals surface area contributed by atoms with Crippen LogP contribution in [0.25, 0.3) is 0 Å². The van der Waals surface area contributed by atoms with Gasteiger partial charge in [0.15, 0.2) is 0 Å². The highest BCUT2D eigenvalue weighted by Crippen LogP contribution is 2.18. The van der Waals surface area contributed by atoms with Crippen molar-refractivity contribution in [3.05, 3.63) is 34.9 Å². The number of carbonyl (C=O) groups excluding carboxylic acids is 1. The van der Waals surface area contributed by atoms with Crippen molar-refractivity contribution < 1.29 is 13.2 Å². The fraction of sp³-hybridized carbons (Fsp3) is 0.500. The minimum absolute atomic E-state index is 0.145. The third-order valence-corrected chi connectivity index (χ3v) is 5.89. The second-order valence-electron chi connectivity index (χ2n) is 4.99. The largest absolute Gasteiger partial charge is 0.336 e. The Bertz CT molecular complexity index is 610. The molecule has 1 aliphatic rings. The Morgan fingerprint density at radius 1 is 1.19 bits per heavy atom. The lowest BCUT2D eigenvalue weighted by Crippen LogP contribution is -2.51. The summed E-state index contributed by atoms with van der Waals surface area (Å²) in [7, 11) is -3.19. The maximum atomic E-state index is 12.4. The highest BCUT2D eigenvalue weighted by Gasteiger charge is 2.29. The van der Waals surface area contributed by atoms with Gasteiger partial charge in [0.1, 0.15) is 0 Å². The molecule has 0 atom stereocenters. The third kappa shape index (κ3) is 3.75. The molecule has 0 N–H and O–H groups in total. The maximum Gasteiger partial charge on any atom is 0.255 e. The number of nitrogens with zero attached hydrogens (tertiary/aromatic N) is 2. The number of benzene rings is 1. The molecule has 1 aliphatic heterocycles. The van der Waals surface area contributed by atoms with Gasteiger partial charge in [0.2, 0.25) is 10.0 Å². The van der Waals surface area contributed by atoms with Crippen molar-refractivity contribution in [1.29, 1.82) is 0 Å². The monoisotopic (exact) mass is 330 g/mol. The summed E-state index contributed by atoms with van der Waals surface area (Å²) in [6, 6.07) is 6.90. The van der Waals surface area contributed by atoms with Crippen molar-refractivity contribution in [1.82, 2.24) is 9.21 Å². The first-order chi connectivity index (χ1) is 9.95. The Morgan fingerprint density at radius 2 is 1.81 bits per heavy atom. The molecule has 0 aliphatic carbocycles. The normalized spacial score (nSPS) is 17.0. The number of carbonyl (C=O) groups is 1. The highest BCUT2D eigenvalue weighted by atomic mass is 35.5. The van der Waals surface area contributed by atoms with Crippen molar-refractivity contribution in [3.8, 4) is 0 Å². The smallest absolute Gasteiger partial charge is 0.255 e. The summed E-state index contributed by atoms with van der Waals surface area (Å²) in [6.45, 7) is 3.33. The van der Waals surface area contributed by atoms with Crippen molar-refractivity contribution in [3.63, 3.8) is 0 Å². The molecule has 0 radical (unpaired) electrons. The SMILES string of the molecule is CCCS(=O)(=O)N1CCN(C(=O)c2ccccc2Cl)CC1. The van der Waals surface area contributed by atoms with Crippen LogP contribution in [0.2, 0.25) is 5.02 Å².